The largest absolute Gasteiger partial charge is 0.393 e. The maximum atomic E-state index is 9.91. The molecule has 0 radical (unpaired) electrons. The van der Waals surface area contributed by atoms with Gasteiger partial charge in [0.2, 0.25) is 0 Å². The highest BCUT2D eigenvalue weighted by atomic mass is 16.3. The summed E-state index contributed by atoms with van der Waals surface area (Å²) in [5.41, 5.74) is -0.0624. The van der Waals surface area contributed by atoms with Gasteiger partial charge in [0, 0.05) is 0 Å². The van der Waals surface area contributed by atoms with E-state index in [1.54, 1.807) is 0 Å². The van der Waals surface area contributed by atoms with Crippen molar-refractivity contribution in [3.05, 3.63) is 0 Å². The molecule has 2 atom stereocenters. The second-order valence-electron chi connectivity index (χ2n) is 6.50. The van der Waals surface area contributed by atoms with E-state index < -0.39 is 0 Å². The SMILES string of the molecule is CC(C)(C)C(O)CCC(O)CC1CCCC1. The fraction of sp³-hybridized carbons (Fsp3) is 1.00. The molecule has 0 aromatic rings. The topological polar surface area (TPSA) is 40.5 Å². The third-order valence-corrected chi connectivity index (χ3v) is 3.85. The normalized spacial score (nSPS) is 22.3. The van der Waals surface area contributed by atoms with Crippen LogP contribution in [0.25, 0.3) is 0 Å². The van der Waals surface area contributed by atoms with Gasteiger partial charge in [-0.1, -0.05) is 46.5 Å². The van der Waals surface area contributed by atoms with E-state index in [0.29, 0.717) is 0 Å². The van der Waals surface area contributed by atoms with E-state index in [0.717, 1.165) is 25.2 Å². The molecule has 0 aliphatic heterocycles. The molecule has 0 saturated heterocycles. The molecule has 0 bridgehead atoms. The molecule has 96 valence electrons. The molecule has 2 heteroatoms. The minimum Gasteiger partial charge on any atom is -0.393 e. The van der Waals surface area contributed by atoms with Crippen molar-refractivity contribution in [2.24, 2.45) is 11.3 Å². The Morgan fingerprint density at radius 2 is 1.62 bits per heavy atom. The van der Waals surface area contributed by atoms with Gasteiger partial charge >= 0.3 is 0 Å². The highest BCUT2D eigenvalue weighted by molar-refractivity contribution is 4.76. The fourth-order valence-corrected chi connectivity index (χ4v) is 2.53. The predicted molar refractivity (Wildman–Crippen MR) is 67.3 cm³/mol. The van der Waals surface area contributed by atoms with Crippen LogP contribution in [0.1, 0.15) is 65.7 Å². The Balaban J connectivity index is 2.16. The Bertz CT molecular complexity index is 189. The summed E-state index contributed by atoms with van der Waals surface area (Å²) in [5, 5.41) is 19.8. The highest BCUT2D eigenvalue weighted by Gasteiger charge is 2.24. The van der Waals surface area contributed by atoms with Crippen molar-refractivity contribution >= 4 is 0 Å². The Kier molecular flexibility index (Phi) is 5.26. The maximum Gasteiger partial charge on any atom is 0.0589 e. The second kappa shape index (κ2) is 6.02. The van der Waals surface area contributed by atoms with Gasteiger partial charge in [0.15, 0.2) is 0 Å². The summed E-state index contributed by atoms with van der Waals surface area (Å²) in [7, 11) is 0. The molecule has 0 aromatic carbocycles. The Hall–Kier alpha value is -0.0800. The summed E-state index contributed by atoms with van der Waals surface area (Å²) in [6.07, 6.45) is 7.15. The monoisotopic (exact) mass is 228 g/mol. The third kappa shape index (κ3) is 4.84. The molecule has 1 fully saturated rings. The average Bonchev–Trinajstić information content (AvgIpc) is 2.65. The molecule has 16 heavy (non-hydrogen) atoms. The zero-order chi connectivity index (χ0) is 12.2. The summed E-state index contributed by atoms with van der Waals surface area (Å²) in [6.45, 7) is 6.13. The van der Waals surface area contributed by atoms with Crippen LogP contribution in [0, 0.1) is 11.3 Å². The van der Waals surface area contributed by atoms with E-state index in [1.807, 2.05) is 20.8 Å². The molecule has 0 amide bonds. The van der Waals surface area contributed by atoms with Gasteiger partial charge in [0.05, 0.1) is 12.2 Å². The molecular formula is C14H28O2. The van der Waals surface area contributed by atoms with E-state index in [1.165, 1.54) is 25.7 Å². The van der Waals surface area contributed by atoms with Crippen molar-refractivity contribution in [3.8, 4) is 0 Å². The minimum atomic E-state index is -0.300. The zero-order valence-electron chi connectivity index (χ0n) is 11.1. The van der Waals surface area contributed by atoms with Crippen LogP contribution >= 0.6 is 0 Å². The van der Waals surface area contributed by atoms with Gasteiger partial charge < -0.3 is 10.2 Å². The zero-order valence-corrected chi connectivity index (χ0v) is 11.1. The molecule has 2 unspecified atom stereocenters. The van der Waals surface area contributed by atoms with E-state index in [9.17, 15) is 10.2 Å². The summed E-state index contributed by atoms with van der Waals surface area (Å²) in [6, 6.07) is 0. The highest BCUT2D eigenvalue weighted by Crippen LogP contribution is 2.30. The van der Waals surface area contributed by atoms with Crippen molar-refractivity contribution in [2.45, 2.75) is 77.9 Å². The summed E-state index contributed by atoms with van der Waals surface area (Å²) in [5.74, 6) is 0.738. The lowest BCUT2D eigenvalue weighted by atomic mass is 9.85. The quantitative estimate of drug-likeness (QED) is 0.759. The Labute approximate surface area is 100 Å². The molecule has 1 aliphatic carbocycles. The van der Waals surface area contributed by atoms with Crippen LogP contribution in [0.5, 0.6) is 0 Å². The molecule has 1 aliphatic rings. The number of rotatable bonds is 5. The standard InChI is InChI=1S/C14H28O2/c1-14(2,3)13(16)9-8-12(15)10-11-6-4-5-7-11/h11-13,15-16H,4-10H2,1-3H3. The number of aliphatic hydroxyl groups is 2. The van der Waals surface area contributed by atoms with Crippen molar-refractivity contribution in [3.63, 3.8) is 0 Å². The molecule has 0 aromatic heterocycles. The molecule has 2 nitrogen and oxygen atoms in total. The summed E-state index contributed by atoms with van der Waals surface area (Å²) >= 11 is 0. The van der Waals surface area contributed by atoms with Crippen LogP contribution in [-0.4, -0.2) is 22.4 Å². The van der Waals surface area contributed by atoms with E-state index in [-0.39, 0.29) is 17.6 Å². The number of aliphatic hydroxyl groups excluding tert-OH is 2. The molecule has 1 saturated carbocycles. The van der Waals surface area contributed by atoms with Crippen LogP contribution in [-0.2, 0) is 0 Å². The molecule has 0 heterocycles. The molecular weight excluding hydrogens is 200 g/mol. The summed E-state index contributed by atoms with van der Waals surface area (Å²) in [4.78, 5) is 0. The van der Waals surface area contributed by atoms with Gasteiger partial charge in [-0.2, -0.15) is 0 Å². The van der Waals surface area contributed by atoms with Crippen molar-refractivity contribution in [1.82, 2.24) is 0 Å². The first-order chi connectivity index (χ1) is 7.39. The van der Waals surface area contributed by atoms with Crippen molar-refractivity contribution in [2.75, 3.05) is 0 Å². The molecule has 2 N–H and O–H groups in total. The van der Waals surface area contributed by atoms with Gasteiger partial charge in [-0.25, -0.2) is 0 Å². The van der Waals surface area contributed by atoms with E-state index >= 15 is 0 Å². The van der Waals surface area contributed by atoms with Gasteiger partial charge in [-0.05, 0) is 30.6 Å². The average molecular weight is 228 g/mol. The molecule has 0 spiro atoms. The van der Waals surface area contributed by atoms with Crippen LogP contribution in [0.4, 0.5) is 0 Å². The molecule has 1 rings (SSSR count). The van der Waals surface area contributed by atoms with Crippen molar-refractivity contribution < 1.29 is 10.2 Å². The first-order valence-electron chi connectivity index (χ1n) is 6.75. The maximum absolute atomic E-state index is 9.91. The smallest absolute Gasteiger partial charge is 0.0589 e. The van der Waals surface area contributed by atoms with Gasteiger partial charge in [0.25, 0.3) is 0 Å². The lowest BCUT2D eigenvalue weighted by Crippen LogP contribution is -2.27. The second-order valence-corrected chi connectivity index (χ2v) is 6.50. The number of hydrogen-bond donors (Lipinski definition) is 2. The van der Waals surface area contributed by atoms with Gasteiger partial charge in [-0.3, -0.25) is 0 Å². The van der Waals surface area contributed by atoms with E-state index in [2.05, 4.69) is 0 Å². The van der Waals surface area contributed by atoms with Crippen molar-refractivity contribution in [1.29, 1.82) is 0 Å². The minimum absolute atomic E-state index is 0.0624. The predicted octanol–water partition coefficient (Wildman–Crippen LogP) is 3.11. The lowest BCUT2D eigenvalue weighted by Gasteiger charge is -2.27. The van der Waals surface area contributed by atoms with Crippen LogP contribution in [0.15, 0.2) is 0 Å². The van der Waals surface area contributed by atoms with Crippen LogP contribution in [0.3, 0.4) is 0 Å². The van der Waals surface area contributed by atoms with E-state index in [4.69, 9.17) is 0 Å². The first kappa shape index (κ1) is 14.0. The van der Waals surface area contributed by atoms with Crippen LogP contribution in [0.2, 0.25) is 0 Å². The Morgan fingerprint density at radius 3 is 2.12 bits per heavy atom. The van der Waals surface area contributed by atoms with Gasteiger partial charge in [-0.15, -0.1) is 0 Å². The third-order valence-electron chi connectivity index (χ3n) is 3.85. The fourth-order valence-electron chi connectivity index (χ4n) is 2.53. The number of hydrogen-bond acceptors (Lipinski definition) is 2. The first-order valence-corrected chi connectivity index (χ1v) is 6.75. The Morgan fingerprint density at radius 1 is 1.06 bits per heavy atom. The van der Waals surface area contributed by atoms with Crippen LogP contribution < -0.4 is 0 Å². The lowest BCUT2D eigenvalue weighted by molar-refractivity contribution is 0.0354. The van der Waals surface area contributed by atoms with Gasteiger partial charge in [0.1, 0.15) is 0 Å². The summed E-state index contributed by atoms with van der Waals surface area (Å²) < 4.78 is 0.